The number of thiazole rings is 1. The Bertz CT molecular complexity index is 914. The molecule has 0 saturated carbocycles. The van der Waals surface area contributed by atoms with E-state index in [4.69, 9.17) is 16.1 Å². The standard InChI is InChI=1S/C18H11ClFN3OS/c19-13-5-1-11(2-6-13)15-10-25-17(21-15)9-16-22-18(23-24-16)12-3-7-14(20)8-4-12/h1-8,10H,9H2. The average molecular weight is 372 g/mol. The minimum absolute atomic E-state index is 0.301. The Morgan fingerprint density at radius 3 is 2.44 bits per heavy atom. The number of nitrogens with zero attached hydrogens (tertiary/aromatic N) is 3. The topological polar surface area (TPSA) is 51.8 Å². The van der Waals surface area contributed by atoms with Gasteiger partial charge in [0.15, 0.2) is 0 Å². The molecule has 0 N–H and O–H groups in total. The van der Waals surface area contributed by atoms with Crippen LogP contribution in [-0.4, -0.2) is 15.1 Å². The molecule has 7 heteroatoms. The minimum atomic E-state index is -0.301. The Labute approximate surface area is 151 Å². The van der Waals surface area contributed by atoms with Crippen molar-refractivity contribution in [2.75, 3.05) is 0 Å². The summed E-state index contributed by atoms with van der Waals surface area (Å²) in [5.41, 5.74) is 2.59. The smallest absolute Gasteiger partial charge is 0.233 e. The SMILES string of the molecule is Fc1ccc(-c2noc(Cc3nc(-c4ccc(Cl)cc4)cs3)n2)cc1. The molecule has 2 heterocycles. The summed E-state index contributed by atoms with van der Waals surface area (Å²) in [6.07, 6.45) is 0.451. The highest BCUT2D eigenvalue weighted by Gasteiger charge is 2.12. The van der Waals surface area contributed by atoms with Crippen molar-refractivity contribution in [3.05, 3.63) is 75.6 Å². The third-order valence-corrected chi connectivity index (χ3v) is 4.67. The van der Waals surface area contributed by atoms with Gasteiger partial charge in [0.1, 0.15) is 10.8 Å². The van der Waals surface area contributed by atoms with Gasteiger partial charge >= 0.3 is 0 Å². The van der Waals surface area contributed by atoms with E-state index in [2.05, 4.69) is 15.1 Å². The van der Waals surface area contributed by atoms with Gasteiger partial charge in [-0.2, -0.15) is 4.98 Å². The van der Waals surface area contributed by atoms with Crippen molar-refractivity contribution in [1.29, 1.82) is 0 Å². The average Bonchev–Trinajstić information content (AvgIpc) is 3.27. The number of hydrogen-bond donors (Lipinski definition) is 0. The Morgan fingerprint density at radius 2 is 1.68 bits per heavy atom. The first-order valence-corrected chi connectivity index (χ1v) is 8.72. The lowest BCUT2D eigenvalue weighted by molar-refractivity contribution is 0.385. The number of rotatable bonds is 4. The van der Waals surface area contributed by atoms with E-state index in [-0.39, 0.29) is 5.82 Å². The lowest BCUT2D eigenvalue weighted by atomic mass is 10.2. The van der Waals surface area contributed by atoms with Crippen molar-refractivity contribution < 1.29 is 8.91 Å². The molecule has 0 spiro atoms. The zero-order valence-electron chi connectivity index (χ0n) is 12.8. The molecule has 25 heavy (non-hydrogen) atoms. The molecule has 4 nitrogen and oxygen atoms in total. The van der Waals surface area contributed by atoms with Gasteiger partial charge in [-0.3, -0.25) is 0 Å². The third-order valence-electron chi connectivity index (χ3n) is 3.56. The zero-order chi connectivity index (χ0) is 17.2. The summed E-state index contributed by atoms with van der Waals surface area (Å²) in [4.78, 5) is 8.95. The second-order valence-electron chi connectivity index (χ2n) is 5.33. The number of hydrogen-bond acceptors (Lipinski definition) is 5. The van der Waals surface area contributed by atoms with Gasteiger partial charge in [0, 0.05) is 21.5 Å². The summed E-state index contributed by atoms with van der Waals surface area (Å²) in [7, 11) is 0. The van der Waals surface area contributed by atoms with Crippen molar-refractivity contribution in [1.82, 2.24) is 15.1 Å². The van der Waals surface area contributed by atoms with Crippen molar-refractivity contribution in [3.63, 3.8) is 0 Å². The molecule has 4 rings (SSSR count). The van der Waals surface area contributed by atoms with Gasteiger partial charge in [-0.15, -0.1) is 11.3 Å². The molecular formula is C18H11ClFN3OS. The highest BCUT2D eigenvalue weighted by molar-refractivity contribution is 7.10. The Morgan fingerprint density at radius 1 is 0.960 bits per heavy atom. The van der Waals surface area contributed by atoms with Crippen LogP contribution in [-0.2, 0) is 6.42 Å². The maximum Gasteiger partial charge on any atom is 0.233 e. The van der Waals surface area contributed by atoms with Crippen LogP contribution < -0.4 is 0 Å². The monoisotopic (exact) mass is 371 g/mol. The fourth-order valence-electron chi connectivity index (χ4n) is 2.32. The van der Waals surface area contributed by atoms with Crippen LogP contribution in [0, 0.1) is 5.82 Å². The van der Waals surface area contributed by atoms with Crippen molar-refractivity contribution in [3.8, 4) is 22.6 Å². The van der Waals surface area contributed by atoms with E-state index in [0.29, 0.717) is 28.7 Å². The summed E-state index contributed by atoms with van der Waals surface area (Å²) in [5, 5.41) is 7.49. The molecule has 0 unspecified atom stereocenters. The Balaban J connectivity index is 1.51. The largest absolute Gasteiger partial charge is 0.339 e. The second kappa shape index (κ2) is 6.74. The normalized spacial score (nSPS) is 11.0. The van der Waals surface area contributed by atoms with Gasteiger partial charge in [-0.25, -0.2) is 9.37 Å². The molecule has 0 aliphatic rings. The molecule has 0 atom stereocenters. The Hall–Kier alpha value is -2.57. The molecule has 2 aromatic carbocycles. The lowest BCUT2D eigenvalue weighted by Crippen LogP contribution is -1.88. The highest BCUT2D eigenvalue weighted by Crippen LogP contribution is 2.25. The van der Waals surface area contributed by atoms with Gasteiger partial charge in [0.25, 0.3) is 0 Å². The van der Waals surface area contributed by atoms with E-state index >= 15 is 0 Å². The molecule has 0 bridgehead atoms. The molecule has 0 amide bonds. The van der Waals surface area contributed by atoms with Gasteiger partial charge in [0.2, 0.25) is 11.7 Å². The van der Waals surface area contributed by atoms with E-state index in [9.17, 15) is 4.39 Å². The Kier molecular flexibility index (Phi) is 4.29. The van der Waals surface area contributed by atoms with Crippen LogP contribution >= 0.6 is 22.9 Å². The fraction of sp³-hybridized carbons (Fsp3) is 0.0556. The molecule has 0 saturated heterocycles. The minimum Gasteiger partial charge on any atom is -0.339 e. The summed E-state index contributed by atoms with van der Waals surface area (Å²) in [6, 6.07) is 13.5. The van der Waals surface area contributed by atoms with Crippen LogP contribution in [0.5, 0.6) is 0 Å². The molecule has 124 valence electrons. The fourth-order valence-corrected chi connectivity index (χ4v) is 3.24. The van der Waals surface area contributed by atoms with Crippen LogP contribution in [0.25, 0.3) is 22.6 Å². The van der Waals surface area contributed by atoms with Crippen molar-refractivity contribution in [2.45, 2.75) is 6.42 Å². The molecule has 0 radical (unpaired) electrons. The lowest BCUT2D eigenvalue weighted by Gasteiger charge is -1.96. The first-order chi connectivity index (χ1) is 12.2. The number of benzene rings is 2. The van der Waals surface area contributed by atoms with Crippen molar-refractivity contribution in [2.24, 2.45) is 0 Å². The van der Waals surface area contributed by atoms with Crippen LogP contribution in [0.15, 0.2) is 58.4 Å². The highest BCUT2D eigenvalue weighted by atomic mass is 35.5. The summed E-state index contributed by atoms with van der Waals surface area (Å²) in [5.74, 6) is 0.603. The predicted octanol–water partition coefficient (Wildman–Crippen LogP) is 5.24. The molecule has 4 aromatic rings. The number of halogens is 2. The predicted molar refractivity (Wildman–Crippen MR) is 95.1 cm³/mol. The van der Waals surface area contributed by atoms with E-state index in [1.54, 1.807) is 12.1 Å². The van der Waals surface area contributed by atoms with E-state index < -0.39 is 0 Å². The molecule has 0 fully saturated rings. The van der Waals surface area contributed by atoms with Crippen LogP contribution in [0.3, 0.4) is 0 Å². The summed E-state index contributed by atoms with van der Waals surface area (Å²) >= 11 is 7.44. The van der Waals surface area contributed by atoms with Crippen molar-refractivity contribution >= 4 is 22.9 Å². The summed E-state index contributed by atoms with van der Waals surface area (Å²) in [6.45, 7) is 0. The van der Waals surface area contributed by atoms with Gasteiger partial charge in [-0.1, -0.05) is 28.9 Å². The van der Waals surface area contributed by atoms with Gasteiger partial charge in [0.05, 0.1) is 12.1 Å². The maximum atomic E-state index is 13.0. The second-order valence-corrected chi connectivity index (χ2v) is 6.71. The quantitative estimate of drug-likeness (QED) is 0.492. The van der Waals surface area contributed by atoms with Crippen LogP contribution in [0.2, 0.25) is 5.02 Å². The maximum absolute atomic E-state index is 13.0. The van der Waals surface area contributed by atoms with E-state index in [0.717, 1.165) is 16.3 Å². The van der Waals surface area contributed by atoms with Crippen LogP contribution in [0.4, 0.5) is 4.39 Å². The number of aromatic nitrogens is 3. The third kappa shape index (κ3) is 3.60. The first kappa shape index (κ1) is 15.9. The molecule has 0 aliphatic carbocycles. The van der Waals surface area contributed by atoms with Crippen LogP contribution in [0.1, 0.15) is 10.9 Å². The molecule has 0 aliphatic heterocycles. The van der Waals surface area contributed by atoms with Gasteiger partial charge < -0.3 is 4.52 Å². The zero-order valence-corrected chi connectivity index (χ0v) is 14.4. The van der Waals surface area contributed by atoms with E-state index in [1.165, 1.54) is 23.5 Å². The molecule has 2 aromatic heterocycles. The van der Waals surface area contributed by atoms with E-state index in [1.807, 2.05) is 29.6 Å². The summed E-state index contributed by atoms with van der Waals surface area (Å²) < 4.78 is 18.3. The molecular weight excluding hydrogens is 361 g/mol. The first-order valence-electron chi connectivity index (χ1n) is 7.46. The van der Waals surface area contributed by atoms with Gasteiger partial charge in [-0.05, 0) is 36.4 Å².